The largest absolute Gasteiger partial charge is 0.496 e. The summed E-state index contributed by atoms with van der Waals surface area (Å²) in [4.78, 5) is 24.2. The number of carbonyl (C=O) groups is 2. The van der Waals surface area contributed by atoms with E-state index in [4.69, 9.17) is 18.9 Å². The molecule has 3 aromatic rings. The van der Waals surface area contributed by atoms with Gasteiger partial charge in [-0.1, -0.05) is 44.0 Å². The average molecular weight is 603 g/mol. The number of hydrogen-bond acceptors (Lipinski definition) is 8. The van der Waals surface area contributed by atoms with Gasteiger partial charge in [0.05, 0.1) is 46.1 Å². The van der Waals surface area contributed by atoms with Crippen LogP contribution in [0.2, 0.25) is 0 Å². The first kappa shape index (κ1) is 31.8. The van der Waals surface area contributed by atoms with E-state index < -0.39 is 11.9 Å². The van der Waals surface area contributed by atoms with Gasteiger partial charge in [0.1, 0.15) is 22.9 Å². The summed E-state index contributed by atoms with van der Waals surface area (Å²) in [7, 11) is 6.16. The van der Waals surface area contributed by atoms with E-state index in [0.717, 1.165) is 24.0 Å². The molecular weight excluding hydrogens is 564 g/mol. The third kappa shape index (κ3) is 6.44. The van der Waals surface area contributed by atoms with Crippen molar-refractivity contribution in [1.29, 1.82) is 0 Å². The van der Waals surface area contributed by atoms with Crippen molar-refractivity contribution in [3.05, 3.63) is 83.1 Å². The predicted octanol–water partition coefficient (Wildman–Crippen LogP) is 6.20. The molecule has 10 heteroatoms. The van der Waals surface area contributed by atoms with E-state index in [2.05, 4.69) is 12.3 Å². The van der Waals surface area contributed by atoms with Crippen LogP contribution in [0.3, 0.4) is 0 Å². The Kier molecular flexibility index (Phi) is 10.4. The van der Waals surface area contributed by atoms with Crippen LogP contribution in [0.5, 0.6) is 23.0 Å². The summed E-state index contributed by atoms with van der Waals surface area (Å²) in [5, 5.41) is 21.7. The minimum atomic E-state index is -1.06. The molecule has 0 bridgehead atoms. The van der Waals surface area contributed by atoms with Crippen molar-refractivity contribution >= 4 is 23.2 Å². The second-order valence-corrected chi connectivity index (χ2v) is 10.1. The molecule has 0 fully saturated rings. The molecule has 0 atom stereocenters. The second-order valence-electron chi connectivity index (χ2n) is 10.1. The smallest absolute Gasteiger partial charge is 0.336 e. The van der Waals surface area contributed by atoms with Gasteiger partial charge in [0, 0.05) is 40.5 Å². The van der Waals surface area contributed by atoms with E-state index in [9.17, 15) is 19.8 Å². The van der Waals surface area contributed by atoms with Crippen LogP contribution >= 0.6 is 0 Å². The molecular formula is C34H38N2O8. The molecule has 0 spiro atoms. The highest BCUT2D eigenvalue weighted by atomic mass is 16.5. The van der Waals surface area contributed by atoms with Crippen molar-refractivity contribution in [1.82, 2.24) is 5.43 Å². The van der Waals surface area contributed by atoms with E-state index in [1.54, 1.807) is 50.6 Å². The molecule has 3 N–H and O–H groups in total. The van der Waals surface area contributed by atoms with Crippen molar-refractivity contribution in [2.24, 2.45) is 0 Å². The maximum absolute atomic E-state index is 12.1. The van der Waals surface area contributed by atoms with Gasteiger partial charge >= 0.3 is 11.9 Å². The number of nitrogens with one attached hydrogen (secondary N) is 1. The minimum Gasteiger partial charge on any atom is -0.496 e. The molecule has 4 rings (SSSR count). The Morgan fingerprint density at radius 1 is 0.886 bits per heavy atom. The number of allylic oxidation sites excluding steroid dienone is 1. The third-order valence-corrected chi connectivity index (χ3v) is 7.54. The minimum absolute atomic E-state index is 0.120. The molecule has 0 radical (unpaired) electrons. The molecule has 0 saturated heterocycles. The second kappa shape index (κ2) is 14.4. The zero-order chi connectivity index (χ0) is 31.8. The number of rotatable bonds is 14. The Balaban J connectivity index is 1.74. The molecule has 0 saturated carbocycles. The van der Waals surface area contributed by atoms with Crippen LogP contribution in [-0.4, -0.2) is 57.1 Å². The number of ether oxygens (including phenoxy) is 4. The first-order valence-corrected chi connectivity index (χ1v) is 14.3. The third-order valence-electron chi connectivity index (χ3n) is 7.54. The highest BCUT2D eigenvalue weighted by molar-refractivity contribution is 5.99. The van der Waals surface area contributed by atoms with Crippen LogP contribution in [-0.2, 0) is 11.2 Å². The molecule has 10 nitrogen and oxygen atoms in total. The van der Waals surface area contributed by atoms with E-state index in [1.807, 2.05) is 29.4 Å². The van der Waals surface area contributed by atoms with Crippen molar-refractivity contribution in [2.45, 2.75) is 32.6 Å². The highest BCUT2D eigenvalue weighted by Gasteiger charge is 2.28. The molecule has 44 heavy (non-hydrogen) atoms. The van der Waals surface area contributed by atoms with Gasteiger partial charge in [0.25, 0.3) is 0 Å². The number of anilines is 1. The maximum Gasteiger partial charge on any atom is 0.336 e. The fraction of sp³-hybridized carbons (Fsp3) is 0.294. The molecule has 3 aromatic carbocycles. The van der Waals surface area contributed by atoms with Crippen LogP contribution in [0.4, 0.5) is 5.69 Å². The Morgan fingerprint density at radius 2 is 1.59 bits per heavy atom. The molecule has 0 aliphatic carbocycles. The number of methoxy groups -OCH3 is 4. The lowest BCUT2D eigenvalue weighted by Crippen LogP contribution is -2.30. The molecule has 1 heterocycles. The SMILES string of the molecule is CCCCC=C(Cc1c(OC)ccc(C2=CNN(c3ccc(OC)c(-c4ccccc4C(=O)O)c3OC)C2)c1OC)C(=O)O. The molecule has 0 unspecified atom stereocenters. The van der Waals surface area contributed by atoms with Gasteiger partial charge in [-0.3, -0.25) is 5.01 Å². The zero-order valence-electron chi connectivity index (χ0n) is 25.6. The lowest BCUT2D eigenvalue weighted by atomic mass is 9.95. The molecule has 1 aliphatic heterocycles. The van der Waals surface area contributed by atoms with Crippen LogP contribution in [0, 0.1) is 0 Å². The average Bonchev–Trinajstić information content (AvgIpc) is 3.53. The first-order valence-electron chi connectivity index (χ1n) is 14.3. The van der Waals surface area contributed by atoms with E-state index in [0.29, 0.717) is 58.3 Å². The van der Waals surface area contributed by atoms with E-state index in [1.165, 1.54) is 14.2 Å². The fourth-order valence-corrected chi connectivity index (χ4v) is 5.38. The quantitative estimate of drug-likeness (QED) is 0.145. The number of hydrazine groups is 1. The number of hydrogen-bond donors (Lipinski definition) is 3. The van der Waals surface area contributed by atoms with Gasteiger partial charge < -0.3 is 34.6 Å². The number of unbranched alkanes of at least 4 members (excludes halogenated alkanes) is 2. The van der Waals surface area contributed by atoms with Gasteiger partial charge in [-0.05, 0) is 36.8 Å². The van der Waals surface area contributed by atoms with Gasteiger partial charge in [0.15, 0.2) is 5.75 Å². The van der Waals surface area contributed by atoms with Crippen molar-refractivity contribution < 1.29 is 38.7 Å². The molecule has 232 valence electrons. The topological polar surface area (TPSA) is 127 Å². The summed E-state index contributed by atoms with van der Waals surface area (Å²) >= 11 is 0. The Hall–Kier alpha value is -5.12. The lowest BCUT2D eigenvalue weighted by Gasteiger charge is -2.25. The molecule has 1 aliphatic rings. The van der Waals surface area contributed by atoms with Crippen LogP contribution in [0.25, 0.3) is 16.7 Å². The number of carboxylic acids is 2. The molecule has 0 aromatic heterocycles. The summed E-state index contributed by atoms with van der Waals surface area (Å²) in [5.74, 6) is -0.0717. The Bertz CT molecular complexity index is 1590. The zero-order valence-corrected chi connectivity index (χ0v) is 25.6. The normalized spacial score (nSPS) is 12.8. The lowest BCUT2D eigenvalue weighted by molar-refractivity contribution is -0.132. The fourth-order valence-electron chi connectivity index (χ4n) is 5.38. The first-order chi connectivity index (χ1) is 21.3. The van der Waals surface area contributed by atoms with E-state index >= 15 is 0 Å². The van der Waals surface area contributed by atoms with Crippen molar-refractivity contribution in [3.63, 3.8) is 0 Å². The monoisotopic (exact) mass is 602 g/mol. The van der Waals surface area contributed by atoms with Crippen LogP contribution in [0.1, 0.15) is 47.7 Å². The highest BCUT2D eigenvalue weighted by Crippen LogP contribution is 2.47. The number of benzene rings is 3. The summed E-state index contributed by atoms with van der Waals surface area (Å²) in [6, 6.07) is 14.0. The maximum atomic E-state index is 12.1. The summed E-state index contributed by atoms with van der Waals surface area (Å²) in [6.45, 7) is 2.46. The van der Waals surface area contributed by atoms with Gasteiger partial charge in [-0.25, -0.2) is 9.59 Å². The molecule has 0 amide bonds. The van der Waals surface area contributed by atoms with E-state index in [-0.39, 0.29) is 17.6 Å². The summed E-state index contributed by atoms with van der Waals surface area (Å²) in [5.41, 5.74) is 7.63. The Labute approximate surface area is 257 Å². The van der Waals surface area contributed by atoms with Crippen molar-refractivity contribution in [3.8, 4) is 34.1 Å². The van der Waals surface area contributed by atoms with Gasteiger partial charge in [-0.15, -0.1) is 0 Å². The summed E-state index contributed by atoms with van der Waals surface area (Å²) < 4.78 is 23.0. The predicted molar refractivity (Wildman–Crippen MR) is 169 cm³/mol. The van der Waals surface area contributed by atoms with Gasteiger partial charge in [-0.2, -0.15) is 0 Å². The summed E-state index contributed by atoms with van der Waals surface area (Å²) in [6.07, 6.45) is 6.30. The number of aromatic carboxylic acids is 1. The van der Waals surface area contributed by atoms with Crippen LogP contribution < -0.4 is 29.4 Å². The van der Waals surface area contributed by atoms with Crippen molar-refractivity contribution in [2.75, 3.05) is 40.0 Å². The Morgan fingerprint density at radius 3 is 2.23 bits per heavy atom. The van der Waals surface area contributed by atoms with Gasteiger partial charge in [0.2, 0.25) is 0 Å². The number of carboxylic acid groups (broad SMARTS) is 2. The van der Waals surface area contributed by atoms with Crippen LogP contribution in [0.15, 0.2) is 66.4 Å². The number of nitrogens with zero attached hydrogens (tertiary/aromatic N) is 1. The number of aliphatic carboxylic acids is 1. The standard InChI is InChI=1S/C34H38N2O8/c1-6-7-8-11-21(33(37)38)18-26-28(41-2)16-14-23(31(26)43-4)22-19-35-36(20-22)27-15-17-29(42-3)30(32(27)44-5)24-12-9-10-13-25(24)34(39)40/h9-17,19,35H,6-8,18,20H2,1-5H3,(H,37,38)(H,39,40).